The van der Waals surface area contributed by atoms with Crippen LogP contribution >= 0.6 is 0 Å². The van der Waals surface area contributed by atoms with E-state index in [-0.39, 0.29) is 0 Å². The van der Waals surface area contributed by atoms with Crippen LogP contribution in [-0.2, 0) is 6.42 Å². The van der Waals surface area contributed by atoms with Gasteiger partial charge in [-0.3, -0.25) is 4.98 Å². The standard InChI is InChI=1S/C14H25N3/c1-4-16-13(2)7-11-17(3)12-8-14-5-9-15-10-6-14/h5-6,9-10,13,16H,4,7-8,11-12H2,1-3H3. The summed E-state index contributed by atoms with van der Waals surface area (Å²) in [5.41, 5.74) is 1.37. The Balaban J connectivity index is 2.15. The molecule has 0 amide bonds. The van der Waals surface area contributed by atoms with E-state index in [0.29, 0.717) is 6.04 Å². The first-order valence-corrected chi connectivity index (χ1v) is 6.53. The average molecular weight is 235 g/mol. The summed E-state index contributed by atoms with van der Waals surface area (Å²) in [5, 5.41) is 3.44. The monoisotopic (exact) mass is 235 g/mol. The van der Waals surface area contributed by atoms with E-state index in [2.05, 4.69) is 48.2 Å². The van der Waals surface area contributed by atoms with Crippen LogP contribution in [-0.4, -0.2) is 42.6 Å². The van der Waals surface area contributed by atoms with Gasteiger partial charge < -0.3 is 10.2 Å². The molecule has 0 aromatic carbocycles. The van der Waals surface area contributed by atoms with Gasteiger partial charge in [0, 0.05) is 25.0 Å². The first-order valence-electron chi connectivity index (χ1n) is 6.53. The highest BCUT2D eigenvalue weighted by Crippen LogP contribution is 2.00. The number of nitrogens with zero attached hydrogens (tertiary/aromatic N) is 2. The molecule has 0 saturated carbocycles. The molecule has 0 spiro atoms. The van der Waals surface area contributed by atoms with Gasteiger partial charge in [-0.05, 0) is 57.6 Å². The van der Waals surface area contributed by atoms with E-state index < -0.39 is 0 Å². The minimum absolute atomic E-state index is 0.614. The van der Waals surface area contributed by atoms with Gasteiger partial charge in [0.15, 0.2) is 0 Å². The van der Waals surface area contributed by atoms with E-state index in [9.17, 15) is 0 Å². The third-order valence-electron chi connectivity index (χ3n) is 3.03. The summed E-state index contributed by atoms with van der Waals surface area (Å²) in [7, 11) is 2.19. The summed E-state index contributed by atoms with van der Waals surface area (Å²) in [6, 6.07) is 4.80. The molecular weight excluding hydrogens is 210 g/mol. The van der Waals surface area contributed by atoms with Crippen LogP contribution < -0.4 is 5.32 Å². The summed E-state index contributed by atoms with van der Waals surface area (Å²) >= 11 is 0. The van der Waals surface area contributed by atoms with E-state index in [4.69, 9.17) is 0 Å². The normalized spacial score (nSPS) is 12.9. The van der Waals surface area contributed by atoms with Crippen LogP contribution in [0.2, 0.25) is 0 Å². The Hall–Kier alpha value is -0.930. The van der Waals surface area contributed by atoms with Crippen LogP contribution in [0.3, 0.4) is 0 Å². The summed E-state index contributed by atoms with van der Waals surface area (Å²) in [5.74, 6) is 0. The maximum absolute atomic E-state index is 4.03. The zero-order chi connectivity index (χ0) is 12.5. The average Bonchev–Trinajstić information content (AvgIpc) is 2.35. The van der Waals surface area contributed by atoms with Crippen molar-refractivity contribution in [2.24, 2.45) is 0 Å². The molecule has 1 unspecified atom stereocenters. The lowest BCUT2D eigenvalue weighted by Gasteiger charge is -2.19. The van der Waals surface area contributed by atoms with Gasteiger partial charge in [0.2, 0.25) is 0 Å². The predicted octanol–water partition coefficient (Wildman–Crippen LogP) is 1.94. The van der Waals surface area contributed by atoms with Gasteiger partial charge in [0.1, 0.15) is 0 Å². The van der Waals surface area contributed by atoms with Gasteiger partial charge in [-0.25, -0.2) is 0 Å². The van der Waals surface area contributed by atoms with Crippen LogP contribution in [0, 0.1) is 0 Å². The van der Waals surface area contributed by atoms with Crippen LogP contribution in [0.1, 0.15) is 25.8 Å². The first-order chi connectivity index (χ1) is 8.22. The number of nitrogens with one attached hydrogen (secondary N) is 1. The fraction of sp³-hybridized carbons (Fsp3) is 0.643. The van der Waals surface area contributed by atoms with Crippen molar-refractivity contribution in [2.75, 3.05) is 26.7 Å². The number of likely N-dealkylation sites (N-methyl/N-ethyl adjacent to an activating group) is 1. The largest absolute Gasteiger partial charge is 0.314 e. The minimum atomic E-state index is 0.614. The lowest BCUT2D eigenvalue weighted by molar-refractivity contribution is 0.315. The van der Waals surface area contributed by atoms with Gasteiger partial charge in [-0.15, -0.1) is 0 Å². The van der Waals surface area contributed by atoms with Gasteiger partial charge >= 0.3 is 0 Å². The highest BCUT2D eigenvalue weighted by molar-refractivity contribution is 5.09. The lowest BCUT2D eigenvalue weighted by Crippen LogP contribution is -2.31. The molecule has 1 atom stereocenters. The van der Waals surface area contributed by atoms with Crippen molar-refractivity contribution < 1.29 is 0 Å². The smallest absolute Gasteiger partial charge is 0.0270 e. The van der Waals surface area contributed by atoms with Gasteiger partial charge in [0.25, 0.3) is 0 Å². The molecule has 0 bridgehead atoms. The van der Waals surface area contributed by atoms with Crippen molar-refractivity contribution >= 4 is 0 Å². The molecule has 0 fully saturated rings. The Labute approximate surface area is 105 Å². The fourth-order valence-electron chi connectivity index (χ4n) is 1.85. The third kappa shape index (κ3) is 6.39. The zero-order valence-corrected chi connectivity index (χ0v) is 11.3. The van der Waals surface area contributed by atoms with E-state index in [1.807, 2.05) is 12.4 Å². The van der Waals surface area contributed by atoms with Crippen LogP contribution in [0.4, 0.5) is 0 Å². The molecule has 1 rings (SSSR count). The van der Waals surface area contributed by atoms with Gasteiger partial charge in [0.05, 0.1) is 0 Å². The van der Waals surface area contributed by atoms with E-state index in [1.54, 1.807) is 0 Å². The van der Waals surface area contributed by atoms with Crippen molar-refractivity contribution in [2.45, 2.75) is 32.7 Å². The molecule has 1 aromatic rings. The molecule has 1 N–H and O–H groups in total. The molecule has 1 aromatic heterocycles. The van der Waals surface area contributed by atoms with Crippen molar-refractivity contribution in [1.29, 1.82) is 0 Å². The number of pyridine rings is 1. The molecule has 96 valence electrons. The summed E-state index contributed by atoms with van der Waals surface area (Å²) in [4.78, 5) is 6.43. The molecule has 17 heavy (non-hydrogen) atoms. The molecular formula is C14H25N3. The van der Waals surface area contributed by atoms with Crippen molar-refractivity contribution in [3.05, 3.63) is 30.1 Å². The second-order valence-corrected chi connectivity index (χ2v) is 4.66. The number of rotatable bonds is 8. The maximum atomic E-state index is 4.03. The Bertz CT molecular complexity index is 287. The number of hydrogen-bond acceptors (Lipinski definition) is 3. The Morgan fingerprint density at radius 3 is 2.65 bits per heavy atom. The van der Waals surface area contributed by atoms with E-state index in [0.717, 1.165) is 26.1 Å². The zero-order valence-electron chi connectivity index (χ0n) is 11.3. The quantitative estimate of drug-likeness (QED) is 0.746. The van der Waals surface area contributed by atoms with Gasteiger partial charge in [-0.1, -0.05) is 6.92 Å². The highest BCUT2D eigenvalue weighted by atomic mass is 15.1. The Kier molecular flexibility index (Phi) is 6.82. The minimum Gasteiger partial charge on any atom is -0.314 e. The highest BCUT2D eigenvalue weighted by Gasteiger charge is 2.03. The third-order valence-corrected chi connectivity index (χ3v) is 3.03. The SMILES string of the molecule is CCNC(C)CCN(C)CCc1ccncc1. The molecule has 0 aliphatic carbocycles. The number of aromatic nitrogens is 1. The van der Waals surface area contributed by atoms with Gasteiger partial charge in [-0.2, -0.15) is 0 Å². The first kappa shape index (κ1) is 14.1. The molecule has 1 heterocycles. The molecule has 0 radical (unpaired) electrons. The van der Waals surface area contributed by atoms with E-state index in [1.165, 1.54) is 12.0 Å². The molecule has 3 heteroatoms. The second-order valence-electron chi connectivity index (χ2n) is 4.66. The molecule has 0 aliphatic heterocycles. The van der Waals surface area contributed by atoms with E-state index >= 15 is 0 Å². The van der Waals surface area contributed by atoms with Crippen molar-refractivity contribution in [3.63, 3.8) is 0 Å². The van der Waals surface area contributed by atoms with Crippen LogP contribution in [0.25, 0.3) is 0 Å². The van der Waals surface area contributed by atoms with Crippen molar-refractivity contribution in [3.8, 4) is 0 Å². The topological polar surface area (TPSA) is 28.2 Å². The van der Waals surface area contributed by atoms with Crippen molar-refractivity contribution in [1.82, 2.24) is 15.2 Å². The predicted molar refractivity (Wildman–Crippen MR) is 73.2 cm³/mol. The summed E-state index contributed by atoms with van der Waals surface area (Å²) < 4.78 is 0. The molecule has 0 saturated heterocycles. The second kappa shape index (κ2) is 8.20. The molecule has 0 aliphatic rings. The lowest BCUT2D eigenvalue weighted by atomic mass is 10.2. The number of hydrogen-bond donors (Lipinski definition) is 1. The fourth-order valence-corrected chi connectivity index (χ4v) is 1.85. The Morgan fingerprint density at radius 2 is 2.00 bits per heavy atom. The maximum Gasteiger partial charge on any atom is 0.0270 e. The summed E-state index contributed by atoms with van der Waals surface area (Å²) in [6.45, 7) is 7.73. The Morgan fingerprint density at radius 1 is 1.29 bits per heavy atom. The van der Waals surface area contributed by atoms with Crippen LogP contribution in [0.15, 0.2) is 24.5 Å². The van der Waals surface area contributed by atoms with Crippen LogP contribution in [0.5, 0.6) is 0 Å². The molecule has 3 nitrogen and oxygen atoms in total. The summed E-state index contributed by atoms with van der Waals surface area (Å²) in [6.07, 6.45) is 6.04.